The van der Waals surface area contributed by atoms with E-state index in [1.807, 2.05) is 0 Å². The predicted molar refractivity (Wildman–Crippen MR) is 69.3 cm³/mol. The van der Waals surface area contributed by atoms with E-state index in [2.05, 4.69) is 10.4 Å². The highest BCUT2D eigenvalue weighted by Gasteiger charge is 2.21. The first-order valence-corrected chi connectivity index (χ1v) is 5.73. The van der Waals surface area contributed by atoms with Gasteiger partial charge in [-0.2, -0.15) is 5.10 Å². The van der Waals surface area contributed by atoms with Crippen molar-refractivity contribution < 1.29 is 19.1 Å². The Kier molecular flexibility index (Phi) is 3.51. The van der Waals surface area contributed by atoms with Crippen LogP contribution in [0, 0.1) is 12.7 Å². The molecule has 0 saturated heterocycles. The lowest BCUT2D eigenvalue weighted by atomic mass is 10.2. The number of hydrogen-bond acceptors (Lipinski definition) is 3. The third kappa shape index (κ3) is 2.66. The molecule has 2 aromatic rings. The maximum Gasteiger partial charge on any atom is 0.339 e. The Morgan fingerprint density at radius 2 is 2.10 bits per heavy atom. The largest absolute Gasteiger partial charge is 0.478 e. The van der Waals surface area contributed by atoms with Crippen LogP contribution in [0.15, 0.2) is 24.4 Å². The quantitative estimate of drug-likeness (QED) is 0.896. The molecule has 0 aliphatic heterocycles. The minimum absolute atomic E-state index is 0.211. The molecule has 0 radical (unpaired) electrons. The van der Waals surface area contributed by atoms with Crippen molar-refractivity contribution in [2.24, 2.45) is 7.05 Å². The molecule has 0 fully saturated rings. The third-order valence-electron chi connectivity index (χ3n) is 2.70. The highest BCUT2D eigenvalue weighted by molar-refractivity contribution is 6.09. The van der Waals surface area contributed by atoms with Crippen LogP contribution in [-0.2, 0) is 7.05 Å². The van der Waals surface area contributed by atoms with Gasteiger partial charge in [0.25, 0.3) is 5.91 Å². The highest BCUT2D eigenvalue weighted by Crippen LogP contribution is 2.15. The van der Waals surface area contributed by atoms with Crippen LogP contribution in [0.1, 0.15) is 26.4 Å². The molecule has 0 bridgehead atoms. The van der Waals surface area contributed by atoms with E-state index in [1.54, 1.807) is 6.92 Å². The van der Waals surface area contributed by atoms with Gasteiger partial charge in [-0.05, 0) is 24.6 Å². The van der Waals surface area contributed by atoms with Crippen LogP contribution >= 0.6 is 0 Å². The predicted octanol–water partition coefficient (Wildman–Crippen LogP) is 1.82. The molecule has 1 aromatic heterocycles. The summed E-state index contributed by atoms with van der Waals surface area (Å²) in [6.45, 7) is 1.60. The van der Waals surface area contributed by atoms with Gasteiger partial charge in [-0.15, -0.1) is 0 Å². The summed E-state index contributed by atoms with van der Waals surface area (Å²) in [4.78, 5) is 23.0. The van der Waals surface area contributed by atoms with Gasteiger partial charge in [0.15, 0.2) is 5.69 Å². The number of amides is 1. The Morgan fingerprint density at radius 3 is 2.70 bits per heavy atom. The van der Waals surface area contributed by atoms with Gasteiger partial charge in [-0.1, -0.05) is 6.07 Å². The van der Waals surface area contributed by atoms with Crippen molar-refractivity contribution in [3.63, 3.8) is 0 Å². The lowest BCUT2D eigenvalue weighted by Crippen LogP contribution is -2.16. The van der Waals surface area contributed by atoms with E-state index in [9.17, 15) is 14.0 Å². The van der Waals surface area contributed by atoms with E-state index in [4.69, 9.17) is 5.11 Å². The smallest absolute Gasteiger partial charge is 0.339 e. The van der Waals surface area contributed by atoms with Gasteiger partial charge in [0.2, 0.25) is 0 Å². The van der Waals surface area contributed by atoms with Crippen molar-refractivity contribution >= 4 is 17.6 Å². The van der Waals surface area contributed by atoms with Gasteiger partial charge < -0.3 is 10.4 Å². The number of aromatic carboxylic acids is 1. The Bertz CT molecular complexity index is 694. The topological polar surface area (TPSA) is 84.2 Å². The van der Waals surface area contributed by atoms with Crippen LogP contribution in [0.2, 0.25) is 0 Å². The Balaban J connectivity index is 2.28. The second-order valence-corrected chi connectivity index (χ2v) is 4.29. The fourth-order valence-corrected chi connectivity index (χ4v) is 1.67. The number of carbonyl (C=O) groups excluding carboxylic acids is 1. The molecule has 6 nitrogen and oxygen atoms in total. The van der Waals surface area contributed by atoms with Gasteiger partial charge in [0, 0.05) is 18.9 Å². The van der Waals surface area contributed by atoms with Crippen LogP contribution < -0.4 is 5.32 Å². The number of carbonyl (C=O) groups is 2. The number of halogens is 1. The fraction of sp³-hybridized carbons (Fsp3) is 0.154. The van der Waals surface area contributed by atoms with Gasteiger partial charge in [-0.25, -0.2) is 9.18 Å². The number of benzene rings is 1. The number of nitrogens with one attached hydrogen (secondary N) is 1. The first-order valence-electron chi connectivity index (χ1n) is 5.73. The summed E-state index contributed by atoms with van der Waals surface area (Å²) in [5, 5.41) is 15.2. The van der Waals surface area contributed by atoms with E-state index >= 15 is 0 Å². The maximum atomic E-state index is 13.4. The SMILES string of the molecule is Cc1ccc(NC(=O)c2nn(C)cc2C(=O)O)cc1F. The second kappa shape index (κ2) is 5.12. The Hall–Kier alpha value is -2.70. The zero-order valence-corrected chi connectivity index (χ0v) is 10.8. The lowest BCUT2D eigenvalue weighted by molar-refractivity contribution is 0.0692. The minimum Gasteiger partial charge on any atom is -0.478 e. The van der Waals surface area contributed by atoms with Crippen LogP contribution in [0.5, 0.6) is 0 Å². The molecule has 7 heteroatoms. The summed E-state index contributed by atoms with van der Waals surface area (Å²) < 4.78 is 14.6. The molecule has 2 N–H and O–H groups in total. The van der Waals surface area contributed by atoms with Gasteiger partial charge in [0.05, 0.1) is 0 Å². The minimum atomic E-state index is -1.25. The van der Waals surface area contributed by atoms with Crippen LogP contribution in [0.3, 0.4) is 0 Å². The molecule has 0 aliphatic rings. The number of hydrogen-bond donors (Lipinski definition) is 2. The normalized spacial score (nSPS) is 10.3. The maximum absolute atomic E-state index is 13.4. The van der Waals surface area contributed by atoms with E-state index in [0.717, 1.165) is 6.07 Å². The summed E-state index contributed by atoms with van der Waals surface area (Å²) in [6, 6.07) is 4.21. The van der Waals surface area contributed by atoms with Crippen LogP contribution in [-0.4, -0.2) is 26.8 Å². The molecule has 0 unspecified atom stereocenters. The molecule has 20 heavy (non-hydrogen) atoms. The molecule has 2 rings (SSSR count). The van der Waals surface area contributed by atoms with Gasteiger partial charge in [-0.3, -0.25) is 9.48 Å². The molecule has 1 heterocycles. The van der Waals surface area contributed by atoms with Crippen molar-refractivity contribution in [3.05, 3.63) is 47.0 Å². The average molecular weight is 277 g/mol. The van der Waals surface area contributed by atoms with Crippen molar-refractivity contribution in [1.82, 2.24) is 9.78 Å². The van der Waals surface area contributed by atoms with E-state index in [0.29, 0.717) is 5.56 Å². The first kappa shape index (κ1) is 13.7. The average Bonchev–Trinajstić information content (AvgIpc) is 2.76. The van der Waals surface area contributed by atoms with Crippen molar-refractivity contribution in [2.75, 3.05) is 5.32 Å². The molecule has 0 saturated carbocycles. The number of anilines is 1. The molecular formula is C13H12FN3O3. The molecule has 1 aromatic carbocycles. The molecular weight excluding hydrogens is 265 g/mol. The van der Waals surface area contributed by atoms with Crippen molar-refractivity contribution in [1.29, 1.82) is 0 Å². The molecule has 1 amide bonds. The third-order valence-corrected chi connectivity index (χ3v) is 2.70. The first-order chi connectivity index (χ1) is 9.38. The zero-order valence-electron chi connectivity index (χ0n) is 10.8. The summed E-state index contributed by atoms with van der Waals surface area (Å²) in [5.41, 5.74) is 0.255. The number of nitrogens with zero attached hydrogens (tertiary/aromatic N) is 2. The second-order valence-electron chi connectivity index (χ2n) is 4.29. The Morgan fingerprint density at radius 1 is 1.40 bits per heavy atom. The molecule has 0 atom stereocenters. The van der Waals surface area contributed by atoms with E-state index in [1.165, 1.54) is 30.1 Å². The zero-order chi connectivity index (χ0) is 14.9. The van der Waals surface area contributed by atoms with E-state index < -0.39 is 17.7 Å². The van der Waals surface area contributed by atoms with Gasteiger partial charge in [0.1, 0.15) is 11.4 Å². The molecule has 0 aliphatic carbocycles. The number of rotatable bonds is 3. The summed E-state index contributed by atoms with van der Waals surface area (Å²) in [7, 11) is 1.51. The molecule has 0 spiro atoms. The fourth-order valence-electron chi connectivity index (χ4n) is 1.67. The van der Waals surface area contributed by atoms with Crippen LogP contribution in [0.25, 0.3) is 0 Å². The monoisotopic (exact) mass is 277 g/mol. The van der Waals surface area contributed by atoms with Gasteiger partial charge >= 0.3 is 5.97 Å². The number of carboxylic acids is 1. The number of carboxylic acid groups (broad SMARTS) is 1. The number of aromatic nitrogens is 2. The summed E-state index contributed by atoms with van der Waals surface area (Å²) in [6.07, 6.45) is 1.23. The number of aryl methyl sites for hydroxylation is 2. The molecule has 104 valence electrons. The standard InChI is InChI=1S/C13H12FN3O3/c1-7-3-4-8(5-10(7)14)15-12(18)11-9(13(19)20)6-17(2)16-11/h3-6H,1-2H3,(H,15,18)(H,19,20). The van der Waals surface area contributed by atoms with E-state index in [-0.39, 0.29) is 16.9 Å². The highest BCUT2D eigenvalue weighted by atomic mass is 19.1. The van der Waals surface area contributed by atoms with Crippen molar-refractivity contribution in [2.45, 2.75) is 6.92 Å². The van der Waals surface area contributed by atoms with Crippen molar-refractivity contribution in [3.8, 4) is 0 Å². The summed E-state index contributed by atoms with van der Waals surface area (Å²) in [5.74, 6) is -2.41. The Labute approximate surface area is 113 Å². The van der Waals surface area contributed by atoms with Crippen LogP contribution in [0.4, 0.5) is 10.1 Å². The summed E-state index contributed by atoms with van der Waals surface area (Å²) >= 11 is 0. The lowest BCUT2D eigenvalue weighted by Gasteiger charge is -2.05.